The van der Waals surface area contributed by atoms with E-state index in [4.69, 9.17) is 0 Å². The van der Waals surface area contributed by atoms with Gasteiger partial charge >= 0.3 is 0 Å². The van der Waals surface area contributed by atoms with Crippen molar-refractivity contribution in [3.05, 3.63) is 0 Å². The fraction of sp³-hybridized carbons (Fsp3) is 0.947. The Hall–Kier alpha value is -0.370. The number of fused-ring (bicyclic) bond motifs is 5. The van der Waals surface area contributed by atoms with Gasteiger partial charge in [-0.3, -0.25) is 4.79 Å². The van der Waals surface area contributed by atoms with Crippen molar-refractivity contribution in [1.82, 2.24) is 0 Å². The summed E-state index contributed by atoms with van der Waals surface area (Å²) in [5, 5.41) is 10.5. The molecule has 0 amide bonds. The molecule has 0 heterocycles. The maximum atomic E-state index is 11.8. The molecule has 2 nitrogen and oxygen atoms in total. The molecule has 0 saturated heterocycles. The second-order valence-corrected chi connectivity index (χ2v) is 8.91. The molecule has 0 aromatic rings. The monoisotopic (exact) mass is 290 g/mol. The van der Waals surface area contributed by atoms with Crippen LogP contribution in [-0.4, -0.2) is 17.0 Å². The molecule has 0 unspecified atom stereocenters. The van der Waals surface area contributed by atoms with Crippen molar-refractivity contribution in [3.8, 4) is 0 Å². The van der Waals surface area contributed by atoms with Gasteiger partial charge in [0.25, 0.3) is 0 Å². The normalized spacial score (nSPS) is 56.5. The number of rotatable bonds is 0. The van der Waals surface area contributed by atoms with Crippen LogP contribution in [0.15, 0.2) is 0 Å². The average molecular weight is 290 g/mol. The second kappa shape index (κ2) is 4.81. The van der Waals surface area contributed by atoms with E-state index in [0.29, 0.717) is 11.7 Å². The first-order valence-corrected chi connectivity index (χ1v) is 9.20. The molecule has 0 aromatic carbocycles. The minimum Gasteiger partial charge on any atom is -0.393 e. The molecule has 118 valence electrons. The molecule has 1 N–H and O–H groups in total. The molecule has 0 radical (unpaired) electrons. The highest BCUT2D eigenvalue weighted by Crippen LogP contribution is 2.63. The number of hydrogen-bond donors (Lipinski definition) is 1. The molecule has 8 atom stereocenters. The quantitative estimate of drug-likeness (QED) is 0.736. The van der Waals surface area contributed by atoms with E-state index in [0.717, 1.165) is 55.3 Å². The van der Waals surface area contributed by atoms with Crippen LogP contribution in [0.4, 0.5) is 0 Å². The molecular formula is C19H30O2. The Balaban J connectivity index is 1.63. The van der Waals surface area contributed by atoms with Crippen molar-refractivity contribution >= 4 is 5.78 Å². The Morgan fingerprint density at radius 1 is 1.10 bits per heavy atom. The first-order valence-electron chi connectivity index (χ1n) is 9.20. The van der Waals surface area contributed by atoms with E-state index in [1.165, 1.54) is 25.7 Å². The van der Waals surface area contributed by atoms with Crippen molar-refractivity contribution in [2.24, 2.45) is 40.9 Å². The van der Waals surface area contributed by atoms with Gasteiger partial charge in [0.1, 0.15) is 5.78 Å². The van der Waals surface area contributed by atoms with Crippen LogP contribution in [0, 0.1) is 40.9 Å². The zero-order valence-electron chi connectivity index (χ0n) is 13.6. The maximum absolute atomic E-state index is 11.8. The van der Waals surface area contributed by atoms with E-state index in [1.54, 1.807) is 0 Å². The maximum Gasteiger partial charge on any atom is 0.133 e. The van der Waals surface area contributed by atoms with Gasteiger partial charge in [-0.2, -0.15) is 0 Å². The highest BCUT2D eigenvalue weighted by Gasteiger charge is 2.58. The van der Waals surface area contributed by atoms with Crippen molar-refractivity contribution in [1.29, 1.82) is 0 Å². The lowest BCUT2D eigenvalue weighted by Gasteiger charge is -2.57. The van der Waals surface area contributed by atoms with Crippen molar-refractivity contribution in [2.45, 2.75) is 71.3 Å². The standard InChI is InChI=1S/C19H30O2/c1-11-10-19(2)16(7-8-17(19)21)15-5-3-12-9-13(20)4-6-14(12)18(11)15/h11-12,14-18,21H,3-10H2,1-2H3/t11-,12-,14-,15-,16-,17-,18+,19-/m0/s1. The smallest absolute Gasteiger partial charge is 0.133 e. The number of Topliss-reactive ketones (excluding diaryl/α,β-unsaturated/α-hetero) is 1. The Labute approximate surface area is 128 Å². The summed E-state index contributed by atoms with van der Waals surface area (Å²) in [4.78, 5) is 11.8. The summed E-state index contributed by atoms with van der Waals surface area (Å²) in [7, 11) is 0. The number of aliphatic hydroxyl groups is 1. The van der Waals surface area contributed by atoms with Gasteiger partial charge in [-0.05, 0) is 79.4 Å². The minimum absolute atomic E-state index is 0.0726. The molecule has 0 bridgehead atoms. The summed E-state index contributed by atoms with van der Waals surface area (Å²) in [6.07, 6.45) is 8.83. The highest BCUT2D eigenvalue weighted by molar-refractivity contribution is 5.79. The highest BCUT2D eigenvalue weighted by atomic mass is 16.3. The largest absolute Gasteiger partial charge is 0.393 e. The summed E-state index contributed by atoms with van der Waals surface area (Å²) in [6, 6.07) is 0. The van der Waals surface area contributed by atoms with Crippen LogP contribution in [0.25, 0.3) is 0 Å². The SMILES string of the molecule is C[C@H]1C[C@]2(C)[C@@H](O)CC[C@H]2[C@@H]2CC[C@H]3CC(=O)CC[C@@H]3[C@H]21. The van der Waals surface area contributed by atoms with E-state index in [1.807, 2.05) is 0 Å². The van der Waals surface area contributed by atoms with E-state index in [9.17, 15) is 9.90 Å². The molecule has 4 fully saturated rings. The van der Waals surface area contributed by atoms with Crippen LogP contribution < -0.4 is 0 Å². The van der Waals surface area contributed by atoms with Crippen LogP contribution in [-0.2, 0) is 4.79 Å². The Morgan fingerprint density at radius 3 is 2.71 bits per heavy atom. The molecular weight excluding hydrogens is 260 g/mol. The number of carbonyl (C=O) groups is 1. The van der Waals surface area contributed by atoms with E-state index < -0.39 is 0 Å². The fourth-order valence-corrected chi connectivity index (χ4v) is 7.23. The van der Waals surface area contributed by atoms with Crippen LogP contribution in [0.5, 0.6) is 0 Å². The lowest BCUT2D eigenvalue weighted by Crippen LogP contribution is -2.52. The number of aliphatic hydroxyl groups excluding tert-OH is 1. The summed E-state index contributed by atoms with van der Waals surface area (Å²) in [6.45, 7) is 4.79. The first kappa shape index (κ1) is 14.2. The van der Waals surface area contributed by atoms with Crippen LogP contribution in [0.1, 0.15) is 65.2 Å². The zero-order valence-corrected chi connectivity index (χ0v) is 13.6. The number of carbonyl (C=O) groups excluding carboxylic acids is 1. The van der Waals surface area contributed by atoms with E-state index >= 15 is 0 Å². The molecule has 0 aromatic heterocycles. The molecule has 2 heteroatoms. The minimum atomic E-state index is -0.0726. The van der Waals surface area contributed by atoms with Crippen molar-refractivity contribution in [3.63, 3.8) is 0 Å². The summed E-state index contributed by atoms with van der Waals surface area (Å²) < 4.78 is 0. The number of hydrogen-bond acceptors (Lipinski definition) is 2. The predicted octanol–water partition coefficient (Wildman–Crippen LogP) is 3.82. The molecule has 4 rings (SSSR count). The summed E-state index contributed by atoms with van der Waals surface area (Å²) in [5.41, 5.74) is 0.178. The van der Waals surface area contributed by atoms with Gasteiger partial charge in [0.2, 0.25) is 0 Å². The molecule has 0 aliphatic heterocycles. The van der Waals surface area contributed by atoms with Gasteiger partial charge in [0, 0.05) is 12.8 Å². The molecule has 4 aliphatic carbocycles. The third kappa shape index (κ3) is 1.97. The topological polar surface area (TPSA) is 37.3 Å². The van der Waals surface area contributed by atoms with E-state index in [2.05, 4.69) is 13.8 Å². The summed E-state index contributed by atoms with van der Waals surface area (Å²) in [5.74, 6) is 5.13. The average Bonchev–Trinajstić information content (AvgIpc) is 2.74. The third-order valence-electron chi connectivity index (χ3n) is 8.01. The Kier molecular flexibility index (Phi) is 3.26. The number of ketones is 1. The predicted molar refractivity (Wildman–Crippen MR) is 82.7 cm³/mol. The molecule has 4 aliphatic rings. The second-order valence-electron chi connectivity index (χ2n) is 8.91. The van der Waals surface area contributed by atoms with Gasteiger partial charge < -0.3 is 5.11 Å². The van der Waals surface area contributed by atoms with Gasteiger partial charge in [-0.1, -0.05) is 13.8 Å². The molecule has 4 saturated carbocycles. The lowest BCUT2D eigenvalue weighted by molar-refractivity contribution is -0.133. The zero-order chi connectivity index (χ0) is 14.8. The van der Waals surface area contributed by atoms with Gasteiger partial charge in [-0.15, -0.1) is 0 Å². The fourth-order valence-electron chi connectivity index (χ4n) is 7.23. The van der Waals surface area contributed by atoms with Crippen molar-refractivity contribution in [2.75, 3.05) is 0 Å². The van der Waals surface area contributed by atoms with Gasteiger partial charge in [0.05, 0.1) is 6.10 Å². The summed E-state index contributed by atoms with van der Waals surface area (Å²) >= 11 is 0. The van der Waals surface area contributed by atoms with Crippen LogP contribution in [0.3, 0.4) is 0 Å². The molecule has 0 spiro atoms. The van der Waals surface area contributed by atoms with Gasteiger partial charge in [-0.25, -0.2) is 0 Å². The third-order valence-corrected chi connectivity index (χ3v) is 8.01. The Bertz CT molecular complexity index is 445. The van der Waals surface area contributed by atoms with Crippen LogP contribution in [0.2, 0.25) is 0 Å². The van der Waals surface area contributed by atoms with Crippen molar-refractivity contribution < 1.29 is 9.90 Å². The Morgan fingerprint density at radius 2 is 1.90 bits per heavy atom. The lowest BCUT2D eigenvalue weighted by atomic mass is 9.48. The van der Waals surface area contributed by atoms with E-state index in [-0.39, 0.29) is 11.5 Å². The molecule has 21 heavy (non-hydrogen) atoms. The first-order chi connectivity index (χ1) is 10.0. The van der Waals surface area contributed by atoms with Gasteiger partial charge in [0.15, 0.2) is 0 Å². The van der Waals surface area contributed by atoms with Crippen LogP contribution >= 0.6 is 0 Å².